The largest absolute Gasteiger partial charge is 0.489 e. The molecule has 1 fully saturated rings. The first-order chi connectivity index (χ1) is 14.7. The van der Waals surface area contributed by atoms with Crippen molar-refractivity contribution in [1.29, 1.82) is 0 Å². The number of ether oxygens (including phenoxy) is 2. The standard InChI is InChI=1S/C25H21NO4/c27-24(21-7-4-8-22(17-21)26-15-16-29-25(26)28)14-11-19-9-12-23(13-10-19)30-18-20-5-2-1-3-6-20/h1-14,17H,15-16,18H2. The van der Waals surface area contributed by atoms with Crippen LogP contribution in [-0.4, -0.2) is 25.0 Å². The Hall–Kier alpha value is -3.86. The highest BCUT2D eigenvalue weighted by Crippen LogP contribution is 2.21. The first-order valence-electron chi connectivity index (χ1n) is 9.72. The lowest BCUT2D eigenvalue weighted by Gasteiger charge is -2.13. The fraction of sp³-hybridized carbons (Fsp3) is 0.120. The Morgan fingerprint density at radius 3 is 2.53 bits per heavy atom. The Kier molecular flexibility index (Phi) is 5.90. The van der Waals surface area contributed by atoms with Crippen molar-refractivity contribution < 1.29 is 19.1 Å². The quantitative estimate of drug-likeness (QED) is 0.409. The number of hydrogen-bond donors (Lipinski definition) is 0. The van der Waals surface area contributed by atoms with Crippen LogP contribution in [-0.2, 0) is 11.3 Å². The Labute approximate surface area is 175 Å². The van der Waals surface area contributed by atoms with E-state index < -0.39 is 0 Å². The van der Waals surface area contributed by atoms with Gasteiger partial charge >= 0.3 is 6.09 Å². The summed E-state index contributed by atoms with van der Waals surface area (Å²) in [5.74, 6) is 0.640. The van der Waals surface area contributed by atoms with E-state index in [1.807, 2.05) is 54.6 Å². The van der Waals surface area contributed by atoms with Crippen LogP contribution in [0.25, 0.3) is 6.08 Å². The van der Waals surface area contributed by atoms with Gasteiger partial charge in [-0.2, -0.15) is 0 Å². The third-order valence-corrected chi connectivity index (χ3v) is 4.76. The number of rotatable bonds is 7. The molecule has 1 saturated heterocycles. The second kappa shape index (κ2) is 9.09. The number of nitrogens with zero attached hydrogens (tertiary/aromatic N) is 1. The molecule has 0 spiro atoms. The summed E-state index contributed by atoms with van der Waals surface area (Å²) < 4.78 is 10.7. The van der Waals surface area contributed by atoms with Crippen LogP contribution in [0.3, 0.4) is 0 Å². The SMILES string of the molecule is O=C(C=Cc1ccc(OCc2ccccc2)cc1)c1cccc(N2CCOC2=O)c1. The molecule has 0 unspecified atom stereocenters. The lowest BCUT2D eigenvalue weighted by atomic mass is 10.1. The van der Waals surface area contributed by atoms with Crippen molar-refractivity contribution in [3.05, 3.63) is 102 Å². The zero-order valence-electron chi connectivity index (χ0n) is 16.4. The third kappa shape index (κ3) is 4.75. The summed E-state index contributed by atoms with van der Waals surface area (Å²) in [5, 5.41) is 0. The Morgan fingerprint density at radius 1 is 1.00 bits per heavy atom. The van der Waals surface area contributed by atoms with Gasteiger partial charge in [0, 0.05) is 11.3 Å². The molecule has 5 nitrogen and oxygen atoms in total. The molecule has 1 aliphatic rings. The smallest absolute Gasteiger partial charge is 0.414 e. The van der Waals surface area contributed by atoms with E-state index in [0.717, 1.165) is 16.9 Å². The molecular formula is C25H21NO4. The third-order valence-electron chi connectivity index (χ3n) is 4.76. The highest BCUT2D eigenvalue weighted by Gasteiger charge is 2.23. The average molecular weight is 399 g/mol. The fourth-order valence-corrected chi connectivity index (χ4v) is 3.14. The van der Waals surface area contributed by atoms with Crippen molar-refractivity contribution >= 4 is 23.6 Å². The van der Waals surface area contributed by atoms with E-state index in [0.29, 0.717) is 31.0 Å². The van der Waals surface area contributed by atoms with Crippen molar-refractivity contribution in [3.63, 3.8) is 0 Å². The van der Waals surface area contributed by atoms with Gasteiger partial charge in [-0.3, -0.25) is 9.69 Å². The zero-order chi connectivity index (χ0) is 20.8. The number of carbonyl (C=O) groups excluding carboxylic acids is 2. The number of allylic oxidation sites excluding steroid dienone is 1. The van der Waals surface area contributed by atoms with Crippen molar-refractivity contribution in [2.24, 2.45) is 0 Å². The summed E-state index contributed by atoms with van der Waals surface area (Å²) in [7, 11) is 0. The molecule has 1 heterocycles. The van der Waals surface area contributed by atoms with E-state index in [1.165, 1.54) is 11.0 Å². The number of carbonyl (C=O) groups is 2. The maximum absolute atomic E-state index is 12.5. The van der Waals surface area contributed by atoms with Gasteiger partial charge in [0.05, 0.1) is 6.54 Å². The van der Waals surface area contributed by atoms with Crippen molar-refractivity contribution in [3.8, 4) is 5.75 Å². The molecule has 1 amide bonds. The van der Waals surface area contributed by atoms with E-state index in [2.05, 4.69) is 0 Å². The van der Waals surface area contributed by atoms with Crippen LogP contribution < -0.4 is 9.64 Å². The number of hydrogen-bond acceptors (Lipinski definition) is 4. The predicted molar refractivity (Wildman–Crippen MR) is 116 cm³/mol. The van der Waals surface area contributed by atoms with Gasteiger partial charge in [-0.15, -0.1) is 0 Å². The summed E-state index contributed by atoms with van der Waals surface area (Å²) in [5.41, 5.74) is 3.19. The number of anilines is 1. The average Bonchev–Trinajstić information content (AvgIpc) is 3.23. The zero-order valence-corrected chi connectivity index (χ0v) is 16.4. The second-order valence-electron chi connectivity index (χ2n) is 6.86. The van der Waals surface area contributed by atoms with Crippen LogP contribution in [0.5, 0.6) is 5.75 Å². The topological polar surface area (TPSA) is 55.8 Å². The summed E-state index contributed by atoms with van der Waals surface area (Å²) in [6, 6.07) is 24.5. The number of cyclic esters (lactones) is 1. The van der Waals surface area contributed by atoms with Gasteiger partial charge in [-0.05, 0) is 41.5 Å². The molecule has 3 aromatic carbocycles. The molecule has 0 atom stereocenters. The molecule has 150 valence electrons. The molecule has 0 aliphatic carbocycles. The highest BCUT2D eigenvalue weighted by molar-refractivity contribution is 6.07. The van der Waals surface area contributed by atoms with Gasteiger partial charge in [0.1, 0.15) is 19.0 Å². The van der Waals surface area contributed by atoms with E-state index in [4.69, 9.17) is 9.47 Å². The van der Waals surface area contributed by atoms with Crippen molar-refractivity contribution in [2.45, 2.75) is 6.61 Å². The Bertz CT molecular complexity index is 1060. The first kappa shape index (κ1) is 19.5. The first-order valence-corrected chi connectivity index (χ1v) is 9.72. The van der Waals surface area contributed by atoms with Gasteiger partial charge in [0.2, 0.25) is 0 Å². The monoisotopic (exact) mass is 399 g/mol. The normalized spacial score (nSPS) is 13.5. The molecule has 1 aliphatic heterocycles. The maximum Gasteiger partial charge on any atom is 0.414 e. The molecule has 0 bridgehead atoms. The predicted octanol–water partition coefficient (Wildman–Crippen LogP) is 5.12. The van der Waals surface area contributed by atoms with Crippen LogP contribution >= 0.6 is 0 Å². The van der Waals surface area contributed by atoms with Gasteiger partial charge in [-0.1, -0.05) is 60.7 Å². The van der Waals surface area contributed by atoms with E-state index in [9.17, 15) is 9.59 Å². The maximum atomic E-state index is 12.5. The van der Waals surface area contributed by atoms with E-state index in [1.54, 1.807) is 30.3 Å². The van der Waals surface area contributed by atoms with Crippen LogP contribution in [0.1, 0.15) is 21.5 Å². The van der Waals surface area contributed by atoms with Gasteiger partial charge in [0.15, 0.2) is 5.78 Å². The molecule has 4 rings (SSSR count). The Morgan fingerprint density at radius 2 is 1.80 bits per heavy atom. The molecule has 0 N–H and O–H groups in total. The Balaban J connectivity index is 1.37. The van der Waals surface area contributed by atoms with E-state index >= 15 is 0 Å². The minimum absolute atomic E-state index is 0.131. The summed E-state index contributed by atoms with van der Waals surface area (Å²) in [6.45, 7) is 1.36. The lowest BCUT2D eigenvalue weighted by molar-refractivity contribution is 0.104. The van der Waals surface area contributed by atoms with Crippen molar-refractivity contribution in [2.75, 3.05) is 18.1 Å². The summed E-state index contributed by atoms with van der Waals surface area (Å²) in [4.78, 5) is 25.8. The summed E-state index contributed by atoms with van der Waals surface area (Å²) in [6.07, 6.45) is 2.91. The van der Waals surface area contributed by atoms with Gasteiger partial charge in [-0.25, -0.2) is 4.79 Å². The minimum atomic E-state index is -0.385. The molecule has 30 heavy (non-hydrogen) atoms. The molecule has 3 aromatic rings. The van der Waals surface area contributed by atoms with Gasteiger partial charge in [0.25, 0.3) is 0 Å². The van der Waals surface area contributed by atoms with Crippen LogP contribution in [0.15, 0.2) is 84.9 Å². The van der Waals surface area contributed by atoms with Crippen LogP contribution in [0, 0.1) is 0 Å². The van der Waals surface area contributed by atoms with Crippen molar-refractivity contribution in [1.82, 2.24) is 0 Å². The summed E-state index contributed by atoms with van der Waals surface area (Å²) >= 11 is 0. The van der Waals surface area contributed by atoms with Crippen LogP contribution in [0.2, 0.25) is 0 Å². The lowest BCUT2D eigenvalue weighted by Crippen LogP contribution is -2.23. The number of ketones is 1. The molecule has 0 aromatic heterocycles. The molecular weight excluding hydrogens is 378 g/mol. The fourth-order valence-electron chi connectivity index (χ4n) is 3.14. The second-order valence-corrected chi connectivity index (χ2v) is 6.86. The van der Waals surface area contributed by atoms with Gasteiger partial charge < -0.3 is 9.47 Å². The number of benzene rings is 3. The molecule has 0 saturated carbocycles. The highest BCUT2D eigenvalue weighted by atomic mass is 16.6. The molecule has 5 heteroatoms. The minimum Gasteiger partial charge on any atom is -0.489 e. The van der Waals surface area contributed by atoms with E-state index in [-0.39, 0.29) is 11.9 Å². The van der Waals surface area contributed by atoms with Crippen LogP contribution in [0.4, 0.5) is 10.5 Å². The molecule has 0 radical (unpaired) electrons. The number of amides is 1.